The first-order chi connectivity index (χ1) is 11.2. The van der Waals surface area contributed by atoms with Crippen molar-refractivity contribution in [2.24, 2.45) is 11.3 Å². The van der Waals surface area contributed by atoms with Gasteiger partial charge in [0.1, 0.15) is 11.5 Å². The maximum Gasteiger partial charge on any atom is 0.139 e. The monoisotopic (exact) mass is 313 g/mol. The molecule has 4 fully saturated rings. The highest BCUT2D eigenvalue weighted by Gasteiger charge is 2.54. The number of fused-ring (bicyclic) bond motifs is 2. The van der Waals surface area contributed by atoms with Crippen LogP contribution in [0.4, 0.5) is 5.69 Å². The van der Waals surface area contributed by atoms with Gasteiger partial charge in [-0.15, -0.1) is 0 Å². The molecule has 1 spiro atoms. The zero-order valence-electron chi connectivity index (χ0n) is 14.1. The first kappa shape index (κ1) is 15.0. The smallest absolute Gasteiger partial charge is 0.139 e. The minimum Gasteiger partial charge on any atom is -0.494 e. The molecule has 0 unspecified atom stereocenters. The van der Waals surface area contributed by atoms with Crippen molar-refractivity contribution in [2.75, 3.05) is 18.1 Å². The van der Waals surface area contributed by atoms with Gasteiger partial charge in [0.2, 0.25) is 0 Å². The SMILES string of the molecule is CCOc1ccc(N2C[C@@H]3CC4(CCCCC4)[C@H]2CC3=O)cc1. The Hall–Kier alpha value is -1.51. The van der Waals surface area contributed by atoms with Gasteiger partial charge in [-0.25, -0.2) is 0 Å². The number of hydrogen-bond acceptors (Lipinski definition) is 3. The number of benzene rings is 1. The minimum absolute atomic E-state index is 0.254. The van der Waals surface area contributed by atoms with Crippen molar-refractivity contribution < 1.29 is 9.53 Å². The average molecular weight is 313 g/mol. The number of anilines is 1. The molecular formula is C20H27NO2. The lowest BCUT2D eigenvalue weighted by molar-refractivity contribution is -0.132. The van der Waals surface area contributed by atoms with Crippen molar-refractivity contribution in [3.05, 3.63) is 24.3 Å². The molecule has 2 aliphatic heterocycles. The summed E-state index contributed by atoms with van der Waals surface area (Å²) in [5.41, 5.74) is 1.66. The highest BCUT2D eigenvalue weighted by atomic mass is 16.5. The maximum atomic E-state index is 12.4. The molecule has 5 rings (SSSR count). The lowest BCUT2D eigenvalue weighted by atomic mass is 9.56. The van der Waals surface area contributed by atoms with Crippen LogP contribution in [0.2, 0.25) is 0 Å². The fourth-order valence-corrected chi connectivity index (χ4v) is 5.27. The summed E-state index contributed by atoms with van der Waals surface area (Å²) in [4.78, 5) is 14.9. The summed E-state index contributed by atoms with van der Waals surface area (Å²) in [7, 11) is 0. The molecule has 0 aromatic heterocycles. The third-order valence-electron chi connectivity index (χ3n) is 6.33. The van der Waals surface area contributed by atoms with E-state index < -0.39 is 0 Å². The molecule has 4 aliphatic rings. The van der Waals surface area contributed by atoms with Crippen molar-refractivity contribution in [3.8, 4) is 5.75 Å². The van der Waals surface area contributed by atoms with Gasteiger partial charge in [0.05, 0.1) is 6.61 Å². The van der Waals surface area contributed by atoms with Gasteiger partial charge in [-0.2, -0.15) is 0 Å². The van der Waals surface area contributed by atoms with Crippen LogP contribution in [0.25, 0.3) is 0 Å². The van der Waals surface area contributed by atoms with Gasteiger partial charge in [-0.05, 0) is 55.9 Å². The molecule has 124 valence electrons. The second-order valence-corrected chi connectivity index (χ2v) is 7.59. The predicted octanol–water partition coefficient (Wildman–Crippen LogP) is 4.20. The topological polar surface area (TPSA) is 29.5 Å². The number of rotatable bonds is 3. The number of carbonyl (C=O) groups is 1. The standard InChI is InChI=1S/C20H27NO2/c1-2-23-17-8-6-16(7-9-17)21-14-15-13-20(10-4-3-5-11-20)19(21)12-18(15)22/h6-9,15,19H,2-5,10-14H2,1H3/t15-,19+/m0/s1. The molecule has 1 aromatic rings. The average Bonchev–Trinajstić information content (AvgIpc) is 2.58. The van der Waals surface area contributed by atoms with Crippen LogP contribution < -0.4 is 9.64 Å². The summed E-state index contributed by atoms with van der Waals surface area (Å²) in [6, 6.07) is 8.89. The van der Waals surface area contributed by atoms with Crippen molar-refractivity contribution in [1.29, 1.82) is 0 Å². The lowest BCUT2D eigenvalue weighted by Crippen LogP contribution is -2.62. The van der Waals surface area contributed by atoms with Gasteiger partial charge < -0.3 is 9.64 Å². The highest BCUT2D eigenvalue weighted by molar-refractivity contribution is 5.86. The van der Waals surface area contributed by atoms with Gasteiger partial charge in [0.15, 0.2) is 0 Å². The number of piperidine rings is 2. The van der Waals surface area contributed by atoms with Gasteiger partial charge in [0, 0.05) is 30.6 Å². The van der Waals surface area contributed by atoms with E-state index in [1.54, 1.807) is 0 Å². The molecule has 3 heteroatoms. The second kappa shape index (κ2) is 5.85. The van der Waals surface area contributed by atoms with Crippen LogP contribution >= 0.6 is 0 Å². The van der Waals surface area contributed by atoms with Crippen LogP contribution in [-0.2, 0) is 4.79 Å². The zero-order chi connectivity index (χ0) is 15.9. The fraction of sp³-hybridized carbons (Fsp3) is 0.650. The lowest BCUT2D eigenvalue weighted by Gasteiger charge is -2.58. The molecule has 2 atom stereocenters. The maximum absolute atomic E-state index is 12.4. The van der Waals surface area contributed by atoms with E-state index in [0.29, 0.717) is 23.8 Å². The number of ketones is 1. The molecule has 2 aliphatic carbocycles. The predicted molar refractivity (Wildman–Crippen MR) is 92.0 cm³/mol. The molecule has 0 radical (unpaired) electrons. The molecule has 2 saturated heterocycles. The minimum atomic E-state index is 0.254. The number of nitrogens with zero attached hydrogens (tertiary/aromatic N) is 1. The van der Waals surface area contributed by atoms with Crippen LogP contribution in [0, 0.1) is 11.3 Å². The Balaban J connectivity index is 1.62. The van der Waals surface area contributed by atoms with Crippen LogP contribution in [-0.4, -0.2) is 25.0 Å². The normalized spacial score (nSPS) is 29.1. The molecule has 2 saturated carbocycles. The zero-order valence-corrected chi connectivity index (χ0v) is 14.1. The Morgan fingerprint density at radius 1 is 1.17 bits per heavy atom. The largest absolute Gasteiger partial charge is 0.494 e. The summed E-state index contributed by atoms with van der Waals surface area (Å²) < 4.78 is 5.56. The van der Waals surface area contributed by atoms with E-state index in [-0.39, 0.29) is 5.92 Å². The Bertz CT molecular complexity index is 574. The van der Waals surface area contributed by atoms with Crippen LogP contribution in [0.1, 0.15) is 51.9 Å². The molecule has 3 nitrogen and oxygen atoms in total. The summed E-state index contributed by atoms with van der Waals surface area (Å²) in [6.07, 6.45) is 8.59. The third-order valence-corrected chi connectivity index (χ3v) is 6.33. The molecular weight excluding hydrogens is 286 g/mol. The quantitative estimate of drug-likeness (QED) is 0.837. The summed E-state index contributed by atoms with van der Waals surface area (Å²) in [5.74, 6) is 1.69. The third kappa shape index (κ3) is 2.54. The van der Waals surface area contributed by atoms with E-state index in [0.717, 1.165) is 25.1 Å². The van der Waals surface area contributed by atoms with Crippen LogP contribution in [0.3, 0.4) is 0 Å². The van der Waals surface area contributed by atoms with E-state index in [1.807, 2.05) is 6.92 Å². The molecule has 2 heterocycles. The highest BCUT2D eigenvalue weighted by Crippen LogP contribution is 2.54. The second-order valence-electron chi connectivity index (χ2n) is 7.59. The van der Waals surface area contributed by atoms with Crippen molar-refractivity contribution >= 4 is 11.5 Å². The molecule has 1 aromatic carbocycles. The summed E-state index contributed by atoms with van der Waals surface area (Å²) in [5, 5.41) is 0. The van der Waals surface area contributed by atoms with Gasteiger partial charge >= 0.3 is 0 Å². The first-order valence-electron chi connectivity index (χ1n) is 9.24. The molecule has 0 N–H and O–H groups in total. The number of hydrogen-bond donors (Lipinski definition) is 0. The fourth-order valence-electron chi connectivity index (χ4n) is 5.27. The van der Waals surface area contributed by atoms with Crippen molar-refractivity contribution in [2.45, 2.75) is 57.9 Å². The Labute approximate surface area is 139 Å². The van der Waals surface area contributed by atoms with E-state index >= 15 is 0 Å². The molecule has 23 heavy (non-hydrogen) atoms. The van der Waals surface area contributed by atoms with E-state index in [9.17, 15) is 4.79 Å². The van der Waals surface area contributed by atoms with Gasteiger partial charge in [0.25, 0.3) is 0 Å². The number of carbonyl (C=O) groups excluding carboxylic acids is 1. The number of ether oxygens (including phenoxy) is 1. The summed E-state index contributed by atoms with van der Waals surface area (Å²) in [6.45, 7) is 3.63. The Kier molecular flexibility index (Phi) is 3.82. The van der Waals surface area contributed by atoms with E-state index in [4.69, 9.17) is 4.74 Å². The Morgan fingerprint density at radius 3 is 2.57 bits per heavy atom. The Morgan fingerprint density at radius 2 is 1.91 bits per heavy atom. The van der Waals surface area contributed by atoms with Crippen LogP contribution in [0.15, 0.2) is 24.3 Å². The van der Waals surface area contributed by atoms with Gasteiger partial charge in [-0.1, -0.05) is 19.3 Å². The summed E-state index contributed by atoms with van der Waals surface area (Å²) >= 11 is 0. The van der Waals surface area contributed by atoms with Crippen molar-refractivity contribution in [1.82, 2.24) is 0 Å². The van der Waals surface area contributed by atoms with Crippen LogP contribution in [0.5, 0.6) is 5.75 Å². The molecule has 2 bridgehead atoms. The van der Waals surface area contributed by atoms with Gasteiger partial charge in [-0.3, -0.25) is 4.79 Å². The number of Topliss-reactive ketones (excluding diaryl/α,β-unsaturated/α-hetero) is 1. The van der Waals surface area contributed by atoms with E-state index in [2.05, 4.69) is 29.2 Å². The molecule has 0 amide bonds. The van der Waals surface area contributed by atoms with E-state index in [1.165, 1.54) is 37.8 Å². The van der Waals surface area contributed by atoms with Crippen molar-refractivity contribution in [3.63, 3.8) is 0 Å². The first-order valence-corrected chi connectivity index (χ1v) is 9.24.